The highest BCUT2D eigenvalue weighted by molar-refractivity contribution is 6.31. The van der Waals surface area contributed by atoms with Crippen LogP contribution in [0.15, 0.2) is 41.4 Å². The lowest BCUT2D eigenvalue weighted by Gasteiger charge is -2.07. The van der Waals surface area contributed by atoms with Crippen LogP contribution >= 0.6 is 11.6 Å². The maximum Gasteiger partial charge on any atom is 0.312 e. The predicted molar refractivity (Wildman–Crippen MR) is 89.3 cm³/mol. The van der Waals surface area contributed by atoms with E-state index in [9.17, 15) is 15.2 Å². The number of hydrogen-bond acceptors (Lipinski definition) is 5. The minimum atomic E-state index is -0.698. The average Bonchev–Trinajstić information content (AvgIpc) is 2.53. The highest BCUT2D eigenvalue weighted by Gasteiger charge is 2.17. The SMILES string of the molecule is CCCOc1ccccc1N=Cc1cc(Cl)cc([N+](=O)[O-])c1O. The Morgan fingerprint density at radius 3 is 2.83 bits per heavy atom. The van der Waals surface area contributed by atoms with Crippen molar-refractivity contribution in [3.63, 3.8) is 0 Å². The highest BCUT2D eigenvalue weighted by atomic mass is 35.5. The molecular formula is C16H15ClN2O4. The number of nitrogens with zero attached hydrogens (tertiary/aromatic N) is 2. The molecule has 0 fully saturated rings. The van der Waals surface area contributed by atoms with Crippen LogP contribution in [0.1, 0.15) is 18.9 Å². The molecule has 2 rings (SSSR count). The van der Waals surface area contributed by atoms with Gasteiger partial charge in [0.2, 0.25) is 5.75 Å². The molecule has 0 aromatic heterocycles. The Hall–Kier alpha value is -2.60. The molecule has 0 heterocycles. The Kier molecular flexibility index (Phi) is 5.54. The van der Waals surface area contributed by atoms with E-state index in [-0.39, 0.29) is 10.6 Å². The van der Waals surface area contributed by atoms with Crippen molar-refractivity contribution in [2.24, 2.45) is 4.99 Å². The third-order valence-electron chi connectivity index (χ3n) is 2.95. The van der Waals surface area contributed by atoms with Gasteiger partial charge in [-0.2, -0.15) is 0 Å². The van der Waals surface area contributed by atoms with Crippen molar-refractivity contribution in [1.29, 1.82) is 0 Å². The molecule has 0 radical (unpaired) electrons. The van der Waals surface area contributed by atoms with E-state index in [4.69, 9.17) is 16.3 Å². The van der Waals surface area contributed by atoms with Crippen LogP contribution in [0.3, 0.4) is 0 Å². The van der Waals surface area contributed by atoms with Gasteiger partial charge in [-0.05, 0) is 24.6 Å². The molecule has 23 heavy (non-hydrogen) atoms. The van der Waals surface area contributed by atoms with Crippen LogP contribution in [-0.2, 0) is 0 Å². The van der Waals surface area contributed by atoms with E-state index in [0.717, 1.165) is 12.5 Å². The summed E-state index contributed by atoms with van der Waals surface area (Å²) >= 11 is 5.85. The normalized spacial score (nSPS) is 10.9. The first-order chi connectivity index (χ1) is 11.0. The quantitative estimate of drug-likeness (QED) is 0.479. The smallest absolute Gasteiger partial charge is 0.312 e. The van der Waals surface area contributed by atoms with Gasteiger partial charge in [0.1, 0.15) is 11.4 Å². The molecule has 0 amide bonds. The monoisotopic (exact) mass is 334 g/mol. The Morgan fingerprint density at radius 1 is 1.39 bits per heavy atom. The minimum Gasteiger partial charge on any atom is -0.502 e. The van der Waals surface area contributed by atoms with E-state index in [1.54, 1.807) is 18.2 Å². The van der Waals surface area contributed by atoms with Crippen molar-refractivity contribution >= 4 is 29.2 Å². The second-order valence-electron chi connectivity index (χ2n) is 4.69. The molecule has 0 saturated carbocycles. The maximum absolute atomic E-state index is 10.9. The lowest BCUT2D eigenvalue weighted by molar-refractivity contribution is -0.385. The van der Waals surface area contributed by atoms with E-state index in [1.807, 2.05) is 13.0 Å². The summed E-state index contributed by atoms with van der Waals surface area (Å²) in [4.78, 5) is 14.4. The molecule has 1 N–H and O–H groups in total. The van der Waals surface area contributed by atoms with Crippen LogP contribution in [0.5, 0.6) is 11.5 Å². The van der Waals surface area contributed by atoms with Crippen molar-refractivity contribution in [3.8, 4) is 11.5 Å². The third kappa shape index (κ3) is 4.20. The second-order valence-corrected chi connectivity index (χ2v) is 5.13. The van der Waals surface area contributed by atoms with Crippen molar-refractivity contribution in [2.75, 3.05) is 6.61 Å². The number of nitro groups is 1. The summed E-state index contributed by atoms with van der Waals surface area (Å²) in [6.45, 7) is 2.55. The Balaban J connectivity index is 2.36. The third-order valence-corrected chi connectivity index (χ3v) is 3.17. The van der Waals surface area contributed by atoms with E-state index in [0.29, 0.717) is 18.0 Å². The van der Waals surface area contributed by atoms with Gasteiger partial charge in [0.15, 0.2) is 0 Å². The molecular weight excluding hydrogens is 320 g/mol. The van der Waals surface area contributed by atoms with E-state index >= 15 is 0 Å². The van der Waals surface area contributed by atoms with Gasteiger partial charge < -0.3 is 9.84 Å². The van der Waals surface area contributed by atoms with Gasteiger partial charge in [-0.25, -0.2) is 0 Å². The number of benzene rings is 2. The first kappa shape index (κ1) is 16.8. The van der Waals surface area contributed by atoms with Crippen LogP contribution in [0.4, 0.5) is 11.4 Å². The lowest BCUT2D eigenvalue weighted by Crippen LogP contribution is -1.95. The molecule has 0 saturated heterocycles. The first-order valence-corrected chi connectivity index (χ1v) is 7.33. The zero-order valence-corrected chi connectivity index (χ0v) is 13.2. The number of para-hydroxylation sites is 2. The van der Waals surface area contributed by atoms with Gasteiger partial charge in [0.05, 0.1) is 11.5 Å². The summed E-state index contributed by atoms with van der Waals surface area (Å²) in [5, 5.41) is 21.0. The molecule has 7 heteroatoms. The largest absolute Gasteiger partial charge is 0.502 e. The Labute approximate surface area is 138 Å². The molecule has 0 bridgehead atoms. The minimum absolute atomic E-state index is 0.145. The first-order valence-electron chi connectivity index (χ1n) is 6.95. The second kappa shape index (κ2) is 7.60. The number of hydrogen-bond donors (Lipinski definition) is 1. The highest BCUT2D eigenvalue weighted by Crippen LogP contribution is 2.33. The number of nitro benzene ring substituents is 1. The van der Waals surface area contributed by atoms with E-state index in [1.165, 1.54) is 12.3 Å². The number of phenols is 1. The van der Waals surface area contributed by atoms with Crippen LogP contribution in [0.25, 0.3) is 0 Å². The molecule has 0 aliphatic rings. The van der Waals surface area contributed by atoms with Gasteiger partial charge in [0, 0.05) is 22.9 Å². The summed E-state index contributed by atoms with van der Waals surface area (Å²) < 4.78 is 5.58. The molecule has 2 aromatic carbocycles. The van der Waals surface area contributed by atoms with Crippen LogP contribution in [0, 0.1) is 10.1 Å². The number of aromatic hydroxyl groups is 1. The van der Waals surface area contributed by atoms with Crippen molar-refractivity contribution in [1.82, 2.24) is 0 Å². The molecule has 0 atom stereocenters. The van der Waals surface area contributed by atoms with Crippen molar-refractivity contribution in [3.05, 3.63) is 57.1 Å². The molecule has 0 unspecified atom stereocenters. The zero-order valence-electron chi connectivity index (χ0n) is 12.4. The predicted octanol–water partition coefficient (Wildman–Crippen LogP) is 4.49. The molecule has 2 aromatic rings. The van der Waals surface area contributed by atoms with Gasteiger partial charge in [-0.3, -0.25) is 15.1 Å². The topological polar surface area (TPSA) is 85.0 Å². The van der Waals surface area contributed by atoms with Crippen LogP contribution in [-0.4, -0.2) is 22.9 Å². The van der Waals surface area contributed by atoms with E-state index in [2.05, 4.69) is 4.99 Å². The van der Waals surface area contributed by atoms with Crippen molar-refractivity contribution in [2.45, 2.75) is 13.3 Å². The summed E-state index contributed by atoms with van der Waals surface area (Å²) in [5.41, 5.74) is 0.256. The number of phenolic OH excluding ortho intramolecular Hbond substituents is 1. The Morgan fingerprint density at radius 2 is 2.13 bits per heavy atom. The van der Waals surface area contributed by atoms with Crippen molar-refractivity contribution < 1.29 is 14.8 Å². The van der Waals surface area contributed by atoms with Crippen LogP contribution < -0.4 is 4.74 Å². The maximum atomic E-state index is 10.9. The summed E-state index contributed by atoms with van der Waals surface area (Å²) in [7, 11) is 0. The number of aliphatic imine (C=N–C) groups is 1. The fourth-order valence-corrected chi connectivity index (χ4v) is 2.10. The molecule has 120 valence electrons. The Bertz CT molecular complexity index is 747. The summed E-state index contributed by atoms with van der Waals surface area (Å²) in [6, 6.07) is 9.65. The summed E-state index contributed by atoms with van der Waals surface area (Å²) in [6.07, 6.45) is 2.18. The fraction of sp³-hybridized carbons (Fsp3) is 0.188. The molecule has 0 aliphatic carbocycles. The molecule has 0 aliphatic heterocycles. The van der Waals surface area contributed by atoms with Gasteiger partial charge in [-0.15, -0.1) is 0 Å². The summed E-state index contributed by atoms with van der Waals surface area (Å²) in [5.74, 6) is 0.122. The number of rotatable bonds is 6. The standard InChI is InChI=1S/C16H15ClN2O4/c1-2-7-23-15-6-4-3-5-13(15)18-10-11-8-12(17)9-14(16(11)20)19(21)22/h3-6,8-10,20H,2,7H2,1H3. The lowest BCUT2D eigenvalue weighted by atomic mass is 10.2. The van der Waals surface area contributed by atoms with Gasteiger partial charge in [-0.1, -0.05) is 30.7 Å². The number of ether oxygens (including phenoxy) is 1. The molecule has 0 spiro atoms. The molecule has 6 nitrogen and oxygen atoms in total. The van der Waals surface area contributed by atoms with Gasteiger partial charge >= 0.3 is 5.69 Å². The van der Waals surface area contributed by atoms with Crippen LogP contribution in [0.2, 0.25) is 5.02 Å². The fourth-order valence-electron chi connectivity index (χ4n) is 1.88. The number of halogens is 1. The average molecular weight is 335 g/mol. The van der Waals surface area contributed by atoms with Gasteiger partial charge in [0.25, 0.3) is 0 Å². The van der Waals surface area contributed by atoms with E-state index < -0.39 is 16.4 Å². The zero-order chi connectivity index (χ0) is 16.8.